The number of rotatable bonds is 6. The third kappa shape index (κ3) is 5.56. The van der Waals surface area contributed by atoms with E-state index in [0.717, 1.165) is 0 Å². The Labute approximate surface area is 124 Å². The Kier molecular flexibility index (Phi) is 6.44. The average molecular weight is 347 g/mol. The number of carboxylic acids is 1. The van der Waals surface area contributed by atoms with Gasteiger partial charge in [0.2, 0.25) is 0 Å². The molecule has 0 heterocycles. The number of carboxylic acid groups (broad SMARTS) is 1. The third-order valence-corrected chi connectivity index (χ3v) is 3.01. The van der Waals surface area contributed by atoms with Gasteiger partial charge >= 0.3 is 12.0 Å². The highest BCUT2D eigenvalue weighted by molar-refractivity contribution is 9.10. The topological polar surface area (TPSA) is 78.4 Å². The molecule has 1 aromatic rings. The molecule has 0 aliphatic rings. The number of nitrogens with one attached hydrogen (secondary N) is 2. The van der Waals surface area contributed by atoms with Gasteiger partial charge in [-0.1, -0.05) is 29.3 Å². The number of carbonyl (C=O) groups is 2. The number of aliphatic carboxylic acids is 1. The predicted octanol–water partition coefficient (Wildman–Crippen LogP) is 2.64. The lowest BCUT2D eigenvalue weighted by atomic mass is 10.2. The number of hydrogen-bond donors (Lipinski definition) is 3. The largest absolute Gasteiger partial charge is 0.480 e. The molecule has 0 spiro atoms. The van der Waals surface area contributed by atoms with E-state index in [1.54, 1.807) is 6.07 Å². The number of urea groups is 1. The zero-order chi connectivity index (χ0) is 15.1. The summed E-state index contributed by atoms with van der Waals surface area (Å²) in [6, 6.07) is 2.77. The summed E-state index contributed by atoms with van der Waals surface area (Å²) in [7, 11) is 0. The van der Waals surface area contributed by atoms with Crippen LogP contribution in [0.5, 0.6) is 0 Å². The molecule has 1 aromatic carbocycles. The van der Waals surface area contributed by atoms with E-state index in [1.165, 1.54) is 12.1 Å². The average Bonchev–Trinajstić information content (AvgIpc) is 2.34. The van der Waals surface area contributed by atoms with Gasteiger partial charge in [0.15, 0.2) is 0 Å². The monoisotopic (exact) mass is 346 g/mol. The summed E-state index contributed by atoms with van der Waals surface area (Å²) in [6.45, 7) is 1.94. The van der Waals surface area contributed by atoms with Crippen molar-refractivity contribution in [3.63, 3.8) is 0 Å². The molecule has 20 heavy (non-hydrogen) atoms. The minimum Gasteiger partial charge on any atom is -0.480 e. The van der Waals surface area contributed by atoms with E-state index in [2.05, 4.69) is 26.6 Å². The molecule has 0 aliphatic carbocycles. The second kappa shape index (κ2) is 7.84. The number of halogens is 2. The number of amides is 2. The van der Waals surface area contributed by atoms with Gasteiger partial charge in [-0.15, -0.1) is 0 Å². The first-order chi connectivity index (χ1) is 9.42. The van der Waals surface area contributed by atoms with Gasteiger partial charge in [-0.2, -0.15) is 0 Å². The minimum absolute atomic E-state index is 0.112. The molecule has 1 unspecified atom stereocenters. The second-order valence-electron chi connectivity index (χ2n) is 4.28. The van der Waals surface area contributed by atoms with E-state index < -0.39 is 23.9 Å². The second-order valence-corrected chi connectivity index (χ2v) is 5.20. The van der Waals surface area contributed by atoms with E-state index in [1.807, 2.05) is 6.92 Å². The molecule has 7 heteroatoms. The highest BCUT2D eigenvalue weighted by Gasteiger charge is 2.18. The number of benzene rings is 1. The zero-order valence-corrected chi connectivity index (χ0v) is 12.5. The Morgan fingerprint density at radius 3 is 2.65 bits per heavy atom. The molecule has 5 nitrogen and oxygen atoms in total. The lowest BCUT2D eigenvalue weighted by Gasteiger charge is -2.14. The van der Waals surface area contributed by atoms with Crippen molar-refractivity contribution >= 4 is 27.9 Å². The van der Waals surface area contributed by atoms with E-state index >= 15 is 0 Å². The molecule has 110 valence electrons. The molecular formula is C13H16BrFN2O3. The van der Waals surface area contributed by atoms with Crippen LogP contribution in [0.4, 0.5) is 9.18 Å². The van der Waals surface area contributed by atoms with Crippen LogP contribution in [0, 0.1) is 5.82 Å². The van der Waals surface area contributed by atoms with Crippen LogP contribution in [0.2, 0.25) is 0 Å². The van der Waals surface area contributed by atoms with Gasteiger partial charge < -0.3 is 15.7 Å². The summed E-state index contributed by atoms with van der Waals surface area (Å²) >= 11 is 3.15. The third-order valence-electron chi connectivity index (χ3n) is 2.56. The Balaban J connectivity index is 2.52. The van der Waals surface area contributed by atoms with Crippen LogP contribution in [-0.4, -0.2) is 23.1 Å². The fourth-order valence-electron chi connectivity index (χ4n) is 1.65. The van der Waals surface area contributed by atoms with E-state index in [4.69, 9.17) is 5.11 Å². The van der Waals surface area contributed by atoms with Crippen molar-refractivity contribution in [1.82, 2.24) is 10.6 Å². The quantitative estimate of drug-likeness (QED) is 0.740. The smallest absolute Gasteiger partial charge is 0.326 e. The first-order valence-corrected chi connectivity index (χ1v) is 6.93. The Bertz CT molecular complexity index is 476. The molecule has 2 amide bonds. The molecule has 0 fully saturated rings. The normalized spacial score (nSPS) is 11.8. The highest BCUT2D eigenvalue weighted by atomic mass is 79.9. The van der Waals surface area contributed by atoms with Gasteiger partial charge in [0.05, 0.1) is 0 Å². The van der Waals surface area contributed by atoms with Crippen molar-refractivity contribution in [2.24, 2.45) is 0 Å². The minimum atomic E-state index is -1.07. The fraction of sp³-hybridized carbons (Fsp3) is 0.385. The zero-order valence-electron chi connectivity index (χ0n) is 11.0. The van der Waals surface area contributed by atoms with Crippen LogP contribution in [0.1, 0.15) is 25.3 Å². The van der Waals surface area contributed by atoms with Crippen LogP contribution >= 0.6 is 15.9 Å². The molecule has 1 atom stereocenters. The molecule has 1 rings (SSSR count). The van der Waals surface area contributed by atoms with Crippen molar-refractivity contribution in [3.8, 4) is 0 Å². The fourth-order valence-corrected chi connectivity index (χ4v) is 2.16. The number of hydrogen-bond acceptors (Lipinski definition) is 2. The summed E-state index contributed by atoms with van der Waals surface area (Å²) in [5, 5.41) is 13.8. The maximum absolute atomic E-state index is 13.1. The number of carbonyl (C=O) groups excluding carboxylic acids is 1. The highest BCUT2D eigenvalue weighted by Crippen LogP contribution is 2.14. The van der Waals surface area contributed by atoms with E-state index in [-0.39, 0.29) is 6.54 Å². The van der Waals surface area contributed by atoms with Crippen LogP contribution in [0.3, 0.4) is 0 Å². The predicted molar refractivity (Wildman–Crippen MR) is 75.8 cm³/mol. The molecule has 0 saturated carbocycles. The molecule has 3 N–H and O–H groups in total. The molecule has 0 bridgehead atoms. The van der Waals surface area contributed by atoms with Gasteiger partial charge in [0.25, 0.3) is 0 Å². The van der Waals surface area contributed by atoms with Crippen molar-refractivity contribution in [1.29, 1.82) is 0 Å². The van der Waals surface area contributed by atoms with Gasteiger partial charge in [-0.3, -0.25) is 0 Å². The van der Waals surface area contributed by atoms with Gasteiger partial charge in [-0.25, -0.2) is 14.0 Å². The van der Waals surface area contributed by atoms with Crippen molar-refractivity contribution < 1.29 is 19.1 Å². The molecule has 0 radical (unpaired) electrons. The van der Waals surface area contributed by atoms with Crippen LogP contribution in [-0.2, 0) is 11.3 Å². The first kappa shape index (κ1) is 16.4. The molecular weight excluding hydrogens is 331 g/mol. The van der Waals surface area contributed by atoms with Crippen LogP contribution < -0.4 is 10.6 Å². The SMILES string of the molecule is CCCC(NC(=O)NCc1cc(F)cc(Br)c1)C(=O)O. The Morgan fingerprint density at radius 1 is 1.40 bits per heavy atom. The standard InChI is InChI=1S/C13H16BrFN2O3/c1-2-3-11(12(18)19)17-13(20)16-7-8-4-9(14)6-10(15)5-8/h4-6,11H,2-3,7H2,1H3,(H,18,19)(H2,16,17,20). The summed E-state index contributed by atoms with van der Waals surface area (Å²) in [6.07, 6.45) is 1.00. The maximum Gasteiger partial charge on any atom is 0.326 e. The van der Waals surface area contributed by atoms with Gasteiger partial charge in [0.1, 0.15) is 11.9 Å². The summed E-state index contributed by atoms with van der Waals surface area (Å²) in [4.78, 5) is 22.5. The summed E-state index contributed by atoms with van der Waals surface area (Å²) in [5.41, 5.74) is 0.578. The van der Waals surface area contributed by atoms with Gasteiger partial charge in [-0.05, 0) is 30.2 Å². The lowest BCUT2D eigenvalue weighted by molar-refractivity contribution is -0.139. The molecule has 0 aromatic heterocycles. The first-order valence-electron chi connectivity index (χ1n) is 6.14. The Hall–Kier alpha value is -1.63. The van der Waals surface area contributed by atoms with Crippen molar-refractivity contribution in [2.75, 3.05) is 0 Å². The van der Waals surface area contributed by atoms with Crippen LogP contribution in [0.15, 0.2) is 22.7 Å². The Morgan fingerprint density at radius 2 is 2.10 bits per heavy atom. The van der Waals surface area contributed by atoms with Crippen LogP contribution in [0.25, 0.3) is 0 Å². The molecule has 0 saturated heterocycles. The van der Waals surface area contributed by atoms with Crippen molar-refractivity contribution in [3.05, 3.63) is 34.1 Å². The van der Waals surface area contributed by atoms with Crippen molar-refractivity contribution in [2.45, 2.75) is 32.4 Å². The maximum atomic E-state index is 13.1. The van der Waals surface area contributed by atoms with E-state index in [9.17, 15) is 14.0 Å². The summed E-state index contributed by atoms with van der Waals surface area (Å²) < 4.78 is 13.7. The summed E-state index contributed by atoms with van der Waals surface area (Å²) in [5.74, 6) is -1.48. The lowest BCUT2D eigenvalue weighted by Crippen LogP contribution is -2.45. The van der Waals surface area contributed by atoms with Gasteiger partial charge in [0, 0.05) is 11.0 Å². The molecule has 0 aliphatic heterocycles. The van der Waals surface area contributed by atoms with E-state index in [0.29, 0.717) is 22.9 Å².